The lowest BCUT2D eigenvalue weighted by Gasteiger charge is -1.95. The Bertz CT molecular complexity index is 992. The predicted molar refractivity (Wildman–Crippen MR) is 74.2 cm³/mol. The van der Waals surface area contributed by atoms with Gasteiger partial charge in [0.2, 0.25) is 5.82 Å². The monoisotopic (exact) mass is 262 g/mol. The minimum Gasteiger partial charge on any atom is -0.264 e. The molecule has 0 fully saturated rings. The minimum atomic E-state index is 0.860. The fraction of sp³-hybridized carbons (Fsp3) is 0.133. The Morgan fingerprint density at radius 1 is 1.25 bits per heavy atom. The van der Waals surface area contributed by atoms with Gasteiger partial charge in [0.15, 0.2) is 5.65 Å². The SMILES string of the molecule is Cn1c2[n+](c3c1nc1ccccn13)Cc1cnccc1-2. The van der Waals surface area contributed by atoms with Crippen molar-refractivity contribution in [3.05, 3.63) is 48.4 Å². The van der Waals surface area contributed by atoms with Crippen molar-refractivity contribution < 1.29 is 4.57 Å². The molecule has 5 heterocycles. The van der Waals surface area contributed by atoms with Gasteiger partial charge in [-0.2, -0.15) is 4.98 Å². The van der Waals surface area contributed by atoms with Gasteiger partial charge in [-0.15, -0.1) is 0 Å². The number of hydrogen-bond donors (Lipinski definition) is 0. The van der Waals surface area contributed by atoms with Gasteiger partial charge in [0.25, 0.3) is 11.3 Å². The molecule has 0 aromatic carbocycles. The van der Waals surface area contributed by atoms with Crippen LogP contribution >= 0.6 is 0 Å². The van der Waals surface area contributed by atoms with Crippen molar-refractivity contribution in [1.29, 1.82) is 0 Å². The highest BCUT2D eigenvalue weighted by Gasteiger charge is 2.33. The maximum absolute atomic E-state index is 4.74. The first-order valence-corrected chi connectivity index (χ1v) is 6.63. The van der Waals surface area contributed by atoms with E-state index in [1.807, 2.05) is 30.6 Å². The molecular weight excluding hydrogens is 250 g/mol. The molecule has 20 heavy (non-hydrogen) atoms. The van der Waals surface area contributed by atoms with Crippen LogP contribution in [0.2, 0.25) is 0 Å². The Morgan fingerprint density at radius 3 is 3.15 bits per heavy atom. The number of imidazole rings is 2. The van der Waals surface area contributed by atoms with Gasteiger partial charge in [-0.25, -0.2) is 13.5 Å². The molecule has 1 aliphatic rings. The van der Waals surface area contributed by atoms with E-state index in [0.717, 1.165) is 23.5 Å². The molecule has 96 valence electrons. The zero-order valence-electron chi connectivity index (χ0n) is 11.0. The Morgan fingerprint density at radius 2 is 2.20 bits per heavy atom. The van der Waals surface area contributed by atoms with Gasteiger partial charge in [0.05, 0.1) is 25.4 Å². The molecule has 4 aromatic rings. The van der Waals surface area contributed by atoms with Gasteiger partial charge in [0.1, 0.15) is 0 Å². The van der Waals surface area contributed by atoms with Crippen LogP contribution in [0.1, 0.15) is 5.56 Å². The van der Waals surface area contributed by atoms with E-state index in [1.54, 1.807) is 0 Å². The van der Waals surface area contributed by atoms with Crippen molar-refractivity contribution >= 4 is 16.9 Å². The summed E-state index contributed by atoms with van der Waals surface area (Å²) in [5.74, 6) is 1.21. The third kappa shape index (κ3) is 1.02. The average Bonchev–Trinajstić information content (AvgIpc) is 3.10. The maximum Gasteiger partial charge on any atom is 0.295 e. The van der Waals surface area contributed by atoms with Gasteiger partial charge in [-0.05, 0) is 18.2 Å². The number of aryl methyl sites for hydroxylation is 1. The van der Waals surface area contributed by atoms with E-state index in [2.05, 4.69) is 37.8 Å². The van der Waals surface area contributed by atoms with Crippen LogP contribution in [0.15, 0.2) is 42.9 Å². The normalized spacial score (nSPS) is 13.1. The molecule has 0 bridgehead atoms. The van der Waals surface area contributed by atoms with E-state index in [0.29, 0.717) is 0 Å². The molecule has 0 saturated carbocycles. The molecule has 5 nitrogen and oxygen atoms in total. The standard InChI is InChI=1S/C15H12N5/c1-18-13-15(19-7-3-2-4-12(19)17-13)20-9-10-8-16-6-5-11(10)14(18)20/h2-8H,9H2,1H3/q+1. The van der Waals surface area contributed by atoms with E-state index in [4.69, 9.17) is 4.98 Å². The number of rotatable bonds is 0. The summed E-state index contributed by atoms with van der Waals surface area (Å²) in [7, 11) is 2.08. The smallest absolute Gasteiger partial charge is 0.264 e. The van der Waals surface area contributed by atoms with Crippen LogP contribution in [0.4, 0.5) is 0 Å². The second kappa shape index (κ2) is 3.25. The molecule has 0 spiro atoms. The van der Waals surface area contributed by atoms with Crippen LogP contribution in [-0.4, -0.2) is 18.9 Å². The Labute approximate surface area is 114 Å². The highest BCUT2D eigenvalue weighted by molar-refractivity contribution is 5.76. The largest absolute Gasteiger partial charge is 0.295 e. The molecule has 5 heteroatoms. The van der Waals surface area contributed by atoms with Crippen LogP contribution in [0, 0.1) is 0 Å². The summed E-state index contributed by atoms with van der Waals surface area (Å²) in [6.45, 7) is 0.860. The molecule has 0 unspecified atom stereocenters. The first-order chi connectivity index (χ1) is 9.84. The van der Waals surface area contributed by atoms with E-state index >= 15 is 0 Å². The highest BCUT2D eigenvalue weighted by Crippen LogP contribution is 2.29. The predicted octanol–water partition coefficient (Wildman–Crippen LogP) is 1.54. The zero-order valence-corrected chi connectivity index (χ0v) is 11.0. The van der Waals surface area contributed by atoms with Crippen molar-refractivity contribution in [2.75, 3.05) is 0 Å². The van der Waals surface area contributed by atoms with Gasteiger partial charge in [-0.3, -0.25) is 4.98 Å². The first kappa shape index (κ1) is 10.1. The molecule has 0 radical (unpaired) electrons. The van der Waals surface area contributed by atoms with Crippen LogP contribution in [0.25, 0.3) is 28.3 Å². The number of fused-ring (bicyclic) bond motifs is 7. The van der Waals surface area contributed by atoms with Crippen molar-refractivity contribution in [1.82, 2.24) is 18.9 Å². The third-order valence-corrected chi connectivity index (χ3v) is 4.11. The van der Waals surface area contributed by atoms with E-state index < -0.39 is 0 Å². The van der Waals surface area contributed by atoms with Crippen molar-refractivity contribution in [2.45, 2.75) is 6.54 Å². The van der Waals surface area contributed by atoms with Crippen LogP contribution < -0.4 is 4.57 Å². The number of aromatic nitrogens is 5. The quantitative estimate of drug-likeness (QED) is 0.397. The first-order valence-electron chi connectivity index (χ1n) is 6.63. The lowest BCUT2D eigenvalue weighted by Crippen LogP contribution is -2.32. The molecule has 0 N–H and O–H groups in total. The lowest BCUT2D eigenvalue weighted by atomic mass is 10.2. The van der Waals surface area contributed by atoms with Gasteiger partial charge in [-0.1, -0.05) is 6.07 Å². The van der Waals surface area contributed by atoms with E-state index in [1.165, 1.54) is 17.0 Å². The summed E-state index contributed by atoms with van der Waals surface area (Å²) in [6.07, 6.45) is 5.88. The second-order valence-electron chi connectivity index (χ2n) is 5.19. The summed E-state index contributed by atoms with van der Waals surface area (Å²) < 4.78 is 6.65. The molecular formula is C15H12N5+. The summed E-state index contributed by atoms with van der Waals surface area (Å²) in [5, 5.41) is 0. The number of hydrogen-bond acceptors (Lipinski definition) is 2. The average molecular weight is 262 g/mol. The second-order valence-corrected chi connectivity index (χ2v) is 5.19. The molecule has 0 amide bonds. The molecule has 0 aliphatic carbocycles. The maximum atomic E-state index is 4.74. The molecule has 4 aromatic heterocycles. The zero-order chi connectivity index (χ0) is 13.3. The van der Waals surface area contributed by atoms with E-state index in [9.17, 15) is 0 Å². The number of pyridine rings is 2. The summed E-state index contributed by atoms with van der Waals surface area (Å²) >= 11 is 0. The Hall–Kier alpha value is -2.69. The Balaban J connectivity index is 1.99. The molecule has 0 saturated heterocycles. The summed E-state index contributed by atoms with van der Waals surface area (Å²) in [6, 6.07) is 8.18. The lowest BCUT2D eigenvalue weighted by molar-refractivity contribution is -0.648. The summed E-state index contributed by atoms with van der Waals surface area (Å²) in [4.78, 5) is 8.97. The molecule has 0 atom stereocenters. The van der Waals surface area contributed by atoms with Gasteiger partial charge >= 0.3 is 0 Å². The minimum absolute atomic E-state index is 0.860. The Kier molecular flexibility index (Phi) is 1.65. The molecule has 5 rings (SSSR count). The highest BCUT2D eigenvalue weighted by atomic mass is 15.3. The van der Waals surface area contributed by atoms with Crippen molar-refractivity contribution in [3.8, 4) is 11.4 Å². The fourth-order valence-electron chi connectivity index (χ4n) is 3.25. The van der Waals surface area contributed by atoms with Crippen LogP contribution in [-0.2, 0) is 13.6 Å². The topological polar surface area (TPSA) is 39.0 Å². The van der Waals surface area contributed by atoms with Crippen molar-refractivity contribution in [2.24, 2.45) is 7.05 Å². The van der Waals surface area contributed by atoms with Gasteiger partial charge in [0, 0.05) is 18.0 Å². The molecule has 1 aliphatic heterocycles. The third-order valence-electron chi connectivity index (χ3n) is 4.11. The van der Waals surface area contributed by atoms with Crippen LogP contribution in [0.3, 0.4) is 0 Å². The van der Waals surface area contributed by atoms with Crippen LogP contribution in [0.5, 0.6) is 0 Å². The van der Waals surface area contributed by atoms with Crippen molar-refractivity contribution in [3.63, 3.8) is 0 Å². The van der Waals surface area contributed by atoms with Gasteiger partial charge < -0.3 is 0 Å². The summed E-state index contributed by atoms with van der Waals surface area (Å²) in [5.41, 5.74) is 5.68. The number of nitrogens with zero attached hydrogens (tertiary/aromatic N) is 5. The fourth-order valence-corrected chi connectivity index (χ4v) is 3.25. The van der Waals surface area contributed by atoms with E-state index in [-0.39, 0.29) is 0 Å².